The van der Waals surface area contributed by atoms with Crippen LogP contribution < -0.4 is 51.7 Å². The minimum Gasteiger partial charge on any atom is -0.496 e. The van der Waals surface area contributed by atoms with Crippen LogP contribution in [0, 0.1) is 35.4 Å². The van der Waals surface area contributed by atoms with E-state index in [0.717, 1.165) is 12.1 Å². The maximum Gasteiger partial charge on any atom is 0.573 e. The molecule has 14 rings (SSSR count). The van der Waals surface area contributed by atoms with Gasteiger partial charge in [0.15, 0.2) is 0 Å². The van der Waals surface area contributed by atoms with Crippen LogP contribution in [0.15, 0.2) is 101 Å². The van der Waals surface area contributed by atoms with E-state index in [1.54, 1.807) is 47.4 Å². The fourth-order valence-electron chi connectivity index (χ4n) is 16.9. The number of rotatable bonds is 18. The number of piperidine rings is 6. The van der Waals surface area contributed by atoms with Crippen molar-refractivity contribution in [2.24, 2.45) is 36.6 Å². The van der Waals surface area contributed by atoms with Crippen LogP contribution in [0.4, 0.5) is 66.7 Å². The number of aryl methyl sites for hydroxylation is 1. The SMILES string of the molecule is COc1cc(-c2cn(C)c(=O)c3[nH]ncc23)cc(F)c1CN1CCC(C2CCN(c3ccc(NC4CCC(=O)NC4=O)cc3C(F)(F)F)CC2)C(Cn2cc(-c3ccc(CN4CCC(C5CCN(c6ccc(NC7CCC(=O)NC7=O)cc6C(F)(F)F)CC5)CC4)c(OC(F)(F)F)c3)c3cn[nH]c3c2=O)C1. The fraction of sp³-hybridized carbons (Fsp3) is 0.459. The number of alkyl halides is 9. The molecular weight excluding hydrogens is 1400 g/mol. The number of fused-ring (bicyclic) bond motifs is 2. The number of aromatic nitrogens is 6. The van der Waals surface area contributed by atoms with Gasteiger partial charge in [-0.1, -0.05) is 12.1 Å². The molecule has 0 radical (unpaired) electrons. The monoisotopic (exact) mass is 1480 g/mol. The Morgan fingerprint density at radius 2 is 1.08 bits per heavy atom. The van der Waals surface area contributed by atoms with Crippen molar-refractivity contribution in [3.05, 3.63) is 140 Å². The topological polar surface area (TPSA) is 249 Å². The highest BCUT2D eigenvalue weighted by atomic mass is 19.4. The minimum absolute atomic E-state index is 0.0259. The first-order chi connectivity index (χ1) is 50.6. The molecule has 8 aromatic rings. The number of ether oxygens (including phenoxy) is 2. The number of H-pyrrole nitrogens is 2. The molecule has 10 heterocycles. The lowest BCUT2D eigenvalue weighted by atomic mass is 9.72. The van der Waals surface area contributed by atoms with Crippen molar-refractivity contribution in [1.29, 1.82) is 0 Å². The lowest BCUT2D eigenvalue weighted by molar-refractivity contribution is -0.275. The third kappa shape index (κ3) is 15.5. The molecule has 6 saturated heterocycles. The summed E-state index contributed by atoms with van der Waals surface area (Å²) >= 11 is 0. The number of benzene rings is 4. The normalized spacial score (nSPS) is 21.1. The van der Waals surface area contributed by atoms with Gasteiger partial charge in [0.2, 0.25) is 23.6 Å². The van der Waals surface area contributed by atoms with E-state index in [4.69, 9.17) is 9.47 Å². The molecule has 22 nitrogen and oxygen atoms in total. The molecule has 6 aliphatic heterocycles. The summed E-state index contributed by atoms with van der Waals surface area (Å²) in [6.07, 6.45) is -4.11. The summed E-state index contributed by atoms with van der Waals surface area (Å²) in [5, 5.41) is 24.7. The molecular formula is C74H78F10N14O8. The average molecular weight is 1480 g/mol. The van der Waals surface area contributed by atoms with Crippen LogP contribution in [-0.2, 0) is 58.2 Å². The van der Waals surface area contributed by atoms with Crippen LogP contribution in [-0.4, -0.2) is 141 Å². The first-order valence-electron chi connectivity index (χ1n) is 35.5. The van der Waals surface area contributed by atoms with E-state index in [1.165, 1.54) is 65.0 Å². The molecule has 32 heteroatoms. The first kappa shape index (κ1) is 72.9. The van der Waals surface area contributed by atoms with Gasteiger partial charge in [0, 0.05) is 140 Å². The Balaban J connectivity index is 0.695. The van der Waals surface area contributed by atoms with Gasteiger partial charge in [-0.25, -0.2) is 4.39 Å². The molecule has 6 fully saturated rings. The van der Waals surface area contributed by atoms with E-state index in [0.29, 0.717) is 112 Å². The van der Waals surface area contributed by atoms with E-state index in [-0.39, 0.29) is 150 Å². The maximum absolute atomic E-state index is 16.9. The Labute approximate surface area is 600 Å². The number of nitrogens with one attached hydrogen (secondary N) is 6. The number of likely N-dealkylation sites (tertiary alicyclic amines) is 2. The molecule has 4 aromatic carbocycles. The van der Waals surface area contributed by atoms with E-state index < -0.39 is 82.7 Å². The molecule has 562 valence electrons. The van der Waals surface area contributed by atoms with Gasteiger partial charge in [0.25, 0.3) is 11.1 Å². The van der Waals surface area contributed by atoms with E-state index in [1.807, 2.05) is 4.90 Å². The molecule has 4 atom stereocenters. The van der Waals surface area contributed by atoms with Gasteiger partial charge in [0.05, 0.1) is 30.6 Å². The molecule has 6 aliphatic rings. The van der Waals surface area contributed by atoms with Crippen LogP contribution in [0.2, 0.25) is 0 Å². The first-order valence-corrected chi connectivity index (χ1v) is 35.5. The summed E-state index contributed by atoms with van der Waals surface area (Å²) in [6.45, 7) is 3.17. The van der Waals surface area contributed by atoms with E-state index in [9.17, 15) is 55.1 Å². The van der Waals surface area contributed by atoms with Crippen molar-refractivity contribution in [3.63, 3.8) is 0 Å². The second-order valence-corrected chi connectivity index (χ2v) is 28.8. The minimum atomic E-state index is -5.11. The summed E-state index contributed by atoms with van der Waals surface area (Å²) < 4.78 is 163. The second kappa shape index (κ2) is 29.4. The summed E-state index contributed by atoms with van der Waals surface area (Å²) in [7, 11) is 2.99. The summed E-state index contributed by atoms with van der Waals surface area (Å²) in [6, 6.07) is 13.5. The third-order valence-electron chi connectivity index (χ3n) is 22.3. The Hall–Kier alpha value is -9.98. The predicted molar refractivity (Wildman–Crippen MR) is 373 cm³/mol. The van der Waals surface area contributed by atoms with E-state index >= 15 is 17.6 Å². The van der Waals surface area contributed by atoms with Gasteiger partial charge in [-0.15, -0.1) is 13.2 Å². The fourth-order valence-corrected chi connectivity index (χ4v) is 16.9. The molecule has 106 heavy (non-hydrogen) atoms. The van der Waals surface area contributed by atoms with E-state index in [2.05, 4.69) is 46.6 Å². The van der Waals surface area contributed by atoms with Crippen LogP contribution in [0.5, 0.6) is 11.5 Å². The van der Waals surface area contributed by atoms with Crippen molar-refractivity contribution in [3.8, 4) is 33.8 Å². The number of anilines is 4. The van der Waals surface area contributed by atoms with Gasteiger partial charge in [-0.05, 0) is 173 Å². The van der Waals surface area contributed by atoms with Crippen LogP contribution >= 0.6 is 0 Å². The maximum atomic E-state index is 16.9. The van der Waals surface area contributed by atoms with Crippen molar-refractivity contribution in [2.75, 3.05) is 79.9 Å². The lowest BCUT2D eigenvalue weighted by Gasteiger charge is -2.45. The smallest absolute Gasteiger partial charge is 0.496 e. The van der Waals surface area contributed by atoms with Crippen LogP contribution in [0.1, 0.15) is 92.9 Å². The number of methoxy groups -OCH3 is 1. The molecule has 4 amide bonds. The highest BCUT2D eigenvalue weighted by Crippen LogP contribution is 2.46. The Bertz CT molecular complexity index is 4800. The third-order valence-corrected chi connectivity index (χ3v) is 22.3. The molecule has 4 unspecified atom stereocenters. The molecule has 6 N–H and O–H groups in total. The number of carbonyl (C=O) groups is 4. The zero-order valence-corrected chi connectivity index (χ0v) is 57.9. The van der Waals surface area contributed by atoms with Crippen molar-refractivity contribution in [2.45, 2.75) is 121 Å². The largest absolute Gasteiger partial charge is 0.573 e. The highest BCUT2D eigenvalue weighted by molar-refractivity contribution is 6.02. The molecule has 0 spiro atoms. The Kier molecular flexibility index (Phi) is 20.2. The summed E-state index contributed by atoms with van der Waals surface area (Å²) in [5.41, 5.74) is -0.0265. The van der Waals surface area contributed by atoms with Gasteiger partial charge >= 0.3 is 18.7 Å². The van der Waals surface area contributed by atoms with Gasteiger partial charge in [-0.2, -0.15) is 36.5 Å². The van der Waals surface area contributed by atoms with Gasteiger partial charge in [-0.3, -0.25) is 59.4 Å². The number of amides is 4. The van der Waals surface area contributed by atoms with Crippen molar-refractivity contribution in [1.82, 2.24) is 50.0 Å². The Morgan fingerprint density at radius 1 is 0.557 bits per heavy atom. The van der Waals surface area contributed by atoms with Crippen LogP contribution in [0.3, 0.4) is 0 Å². The number of hydrogen-bond acceptors (Lipinski definition) is 16. The molecule has 0 saturated carbocycles. The number of aromatic amines is 2. The highest BCUT2D eigenvalue weighted by Gasteiger charge is 2.43. The Morgan fingerprint density at radius 3 is 1.61 bits per heavy atom. The molecule has 4 aromatic heterocycles. The quantitative estimate of drug-likeness (QED) is 0.0345. The van der Waals surface area contributed by atoms with Crippen molar-refractivity contribution < 1.29 is 72.6 Å². The average Bonchev–Trinajstić information content (AvgIpc) is 1.38. The second-order valence-electron chi connectivity index (χ2n) is 28.8. The van der Waals surface area contributed by atoms with Crippen LogP contribution in [0.25, 0.3) is 44.1 Å². The zero-order chi connectivity index (χ0) is 74.7. The summed E-state index contributed by atoms with van der Waals surface area (Å²) in [4.78, 5) is 83.6. The number of pyridine rings is 2. The standard InChI is InChI=1S/C74H78F10N14O8/c1-93-37-52(50-32-85-91-66(50)70(93)103)45-27-57(75)54(63(29-45)105-2)38-95-22-19-49(42-17-25-97(26-18-42)61-10-6-48(31-56(61)73(79,80)81)88-59-8-12-65(100)90-69(59)102)46(35-95)36-98-39-53(51-33-86-92-67(51)71(98)104)43-3-4-44(62(28-43)106-74(82,83)84)34-94-20-13-40(14-21-94)41-15-23-96(24-16-41)60-9-5-47(30-55(60)72(76,77)78)87-58-7-11-64(99)89-68(58)101/h3-6,9-10,27-33,37,39-42,46,49,58-59,87-88H,7-8,11-26,34-36,38H2,1-2H3,(H,85,91)(H,86,92)(H,89,99,101)(H,90,100,102). The molecule has 0 aliphatic carbocycles. The van der Waals surface area contributed by atoms with Crippen molar-refractivity contribution >= 4 is 68.2 Å². The number of nitrogens with zero attached hydrogens (tertiary/aromatic N) is 8. The number of halogens is 10. The van der Waals surface area contributed by atoms with Gasteiger partial charge < -0.3 is 39.0 Å². The molecule has 0 bridgehead atoms. The number of hydrogen-bond donors (Lipinski definition) is 6. The number of carbonyl (C=O) groups excluding carboxylic acids is 4. The zero-order valence-electron chi connectivity index (χ0n) is 57.9. The lowest BCUT2D eigenvalue weighted by Crippen LogP contribution is -2.47. The predicted octanol–water partition coefficient (Wildman–Crippen LogP) is 11.3. The summed E-state index contributed by atoms with van der Waals surface area (Å²) in [5.74, 6) is -3.19. The number of imide groups is 2. The van der Waals surface area contributed by atoms with Gasteiger partial charge in [0.1, 0.15) is 40.4 Å².